The predicted molar refractivity (Wildman–Crippen MR) is 76.9 cm³/mol. The van der Waals surface area contributed by atoms with E-state index in [-0.39, 0.29) is 11.8 Å². The van der Waals surface area contributed by atoms with E-state index in [1.165, 1.54) is 0 Å². The molecule has 0 spiro atoms. The number of nitrogen functional groups attached to an aromatic ring is 1. The van der Waals surface area contributed by atoms with Gasteiger partial charge in [0.2, 0.25) is 5.91 Å². The largest absolute Gasteiger partial charge is 0.384 e. The van der Waals surface area contributed by atoms with E-state index in [1.54, 1.807) is 6.20 Å². The summed E-state index contributed by atoms with van der Waals surface area (Å²) >= 11 is 0. The maximum Gasteiger partial charge on any atom is 0.225 e. The zero-order valence-electron chi connectivity index (χ0n) is 11.7. The molecule has 1 atom stereocenters. The lowest BCUT2D eigenvalue weighted by atomic mass is 10.1. The van der Waals surface area contributed by atoms with Crippen LogP contribution in [-0.2, 0) is 4.79 Å². The maximum absolute atomic E-state index is 12.1. The van der Waals surface area contributed by atoms with Gasteiger partial charge < -0.3 is 15.5 Å². The molecule has 1 amide bonds. The average Bonchev–Trinajstić information content (AvgIpc) is 2.46. The van der Waals surface area contributed by atoms with E-state index in [0.717, 1.165) is 38.3 Å². The summed E-state index contributed by atoms with van der Waals surface area (Å²) in [6.07, 6.45) is 2.70. The lowest BCUT2D eigenvalue weighted by Gasteiger charge is -2.37. The Morgan fingerprint density at radius 3 is 2.58 bits per heavy atom. The first kappa shape index (κ1) is 13.6. The summed E-state index contributed by atoms with van der Waals surface area (Å²) in [5, 5.41) is 0. The monoisotopic (exact) mass is 262 g/mol. The number of carbonyl (C=O) groups is 1. The lowest BCUT2D eigenvalue weighted by Crippen LogP contribution is -2.50. The van der Waals surface area contributed by atoms with Gasteiger partial charge in [-0.25, -0.2) is 4.98 Å². The third-order valence-electron chi connectivity index (χ3n) is 3.76. The van der Waals surface area contributed by atoms with Gasteiger partial charge in [0.15, 0.2) is 0 Å². The van der Waals surface area contributed by atoms with E-state index in [2.05, 4.69) is 16.8 Å². The fourth-order valence-corrected chi connectivity index (χ4v) is 2.26. The molecule has 104 valence electrons. The number of aromatic nitrogens is 1. The molecule has 1 saturated heterocycles. The first-order chi connectivity index (χ1) is 9.11. The van der Waals surface area contributed by atoms with Crippen molar-refractivity contribution in [2.75, 3.05) is 36.8 Å². The minimum absolute atomic E-state index is 0.129. The van der Waals surface area contributed by atoms with Crippen molar-refractivity contribution in [2.45, 2.75) is 20.3 Å². The number of carbonyl (C=O) groups excluding carboxylic acids is 1. The molecule has 19 heavy (non-hydrogen) atoms. The lowest BCUT2D eigenvalue weighted by molar-refractivity contribution is -0.135. The first-order valence-corrected chi connectivity index (χ1v) is 6.87. The zero-order valence-corrected chi connectivity index (χ0v) is 11.7. The topological polar surface area (TPSA) is 62.5 Å². The van der Waals surface area contributed by atoms with Gasteiger partial charge in [0, 0.05) is 32.1 Å². The van der Waals surface area contributed by atoms with Crippen LogP contribution in [0.15, 0.2) is 18.3 Å². The second-order valence-corrected chi connectivity index (χ2v) is 5.06. The van der Waals surface area contributed by atoms with Crippen molar-refractivity contribution < 1.29 is 4.79 Å². The molecule has 0 saturated carbocycles. The molecule has 2 N–H and O–H groups in total. The molecule has 5 heteroatoms. The number of nitrogens with zero attached hydrogens (tertiary/aromatic N) is 3. The van der Waals surface area contributed by atoms with Crippen LogP contribution in [0.1, 0.15) is 20.3 Å². The van der Waals surface area contributed by atoms with Crippen molar-refractivity contribution in [1.82, 2.24) is 9.88 Å². The molecule has 2 rings (SSSR count). The smallest absolute Gasteiger partial charge is 0.225 e. The molecule has 1 aliphatic rings. The van der Waals surface area contributed by atoms with Crippen molar-refractivity contribution in [3.8, 4) is 0 Å². The Labute approximate surface area is 114 Å². The van der Waals surface area contributed by atoms with Crippen molar-refractivity contribution in [3.63, 3.8) is 0 Å². The fourth-order valence-electron chi connectivity index (χ4n) is 2.26. The highest BCUT2D eigenvalue weighted by Gasteiger charge is 2.24. The molecule has 1 unspecified atom stereocenters. The molecule has 0 bridgehead atoms. The second-order valence-electron chi connectivity index (χ2n) is 5.06. The summed E-state index contributed by atoms with van der Waals surface area (Å²) in [5.41, 5.74) is 6.66. The number of piperazine rings is 1. The van der Waals surface area contributed by atoms with E-state index >= 15 is 0 Å². The van der Waals surface area contributed by atoms with Crippen LogP contribution in [0.25, 0.3) is 0 Å². The van der Waals surface area contributed by atoms with Crippen molar-refractivity contribution in [1.29, 1.82) is 0 Å². The standard InChI is InChI=1S/C14H22N4O/c1-3-11(2)14(19)18-8-6-17(7-9-18)12-4-5-13(15)16-10-12/h4-5,10-11H,3,6-9H2,1-2H3,(H2,15,16). The maximum atomic E-state index is 12.1. The second kappa shape index (κ2) is 5.91. The van der Waals surface area contributed by atoms with E-state index < -0.39 is 0 Å². The molecule has 1 aromatic heterocycles. The van der Waals surface area contributed by atoms with Gasteiger partial charge in [0.1, 0.15) is 5.82 Å². The third kappa shape index (κ3) is 3.16. The zero-order chi connectivity index (χ0) is 13.8. The summed E-state index contributed by atoms with van der Waals surface area (Å²) in [4.78, 5) is 20.4. The van der Waals surface area contributed by atoms with Gasteiger partial charge in [0.05, 0.1) is 11.9 Å². The van der Waals surface area contributed by atoms with Crippen molar-refractivity contribution in [2.24, 2.45) is 5.92 Å². The summed E-state index contributed by atoms with van der Waals surface area (Å²) in [6, 6.07) is 3.79. The Bertz CT molecular complexity index is 424. The fraction of sp³-hybridized carbons (Fsp3) is 0.571. The number of rotatable bonds is 3. The Morgan fingerprint density at radius 1 is 1.37 bits per heavy atom. The number of amides is 1. The Kier molecular flexibility index (Phi) is 4.24. The van der Waals surface area contributed by atoms with Gasteiger partial charge >= 0.3 is 0 Å². The summed E-state index contributed by atoms with van der Waals surface area (Å²) in [7, 11) is 0. The third-order valence-corrected chi connectivity index (χ3v) is 3.76. The Hall–Kier alpha value is -1.78. The van der Waals surface area contributed by atoms with Crippen LogP contribution in [0.5, 0.6) is 0 Å². The van der Waals surface area contributed by atoms with Crippen LogP contribution in [0.4, 0.5) is 11.5 Å². The Balaban J connectivity index is 1.92. The first-order valence-electron chi connectivity index (χ1n) is 6.87. The Morgan fingerprint density at radius 2 is 2.05 bits per heavy atom. The summed E-state index contributed by atoms with van der Waals surface area (Å²) < 4.78 is 0. The number of hydrogen-bond acceptors (Lipinski definition) is 4. The van der Waals surface area contributed by atoms with E-state index in [9.17, 15) is 4.79 Å². The molecular weight excluding hydrogens is 240 g/mol. The normalized spacial score (nSPS) is 17.4. The molecule has 2 heterocycles. The molecule has 0 radical (unpaired) electrons. The van der Waals surface area contributed by atoms with Crippen LogP contribution >= 0.6 is 0 Å². The molecule has 1 aliphatic heterocycles. The highest BCUT2D eigenvalue weighted by molar-refractivity contribution is 5.78. The number of hydrogen-bond donors (Lipinski definition) is 1. The van der Waals surface area contributed by atoms with Crippen LogP contribution in [0, 0.1) is 5.92 Å². The molecule has 1 aromatic rings. The summed E-state index contributed by atoms with van der Waals surface area (Å²) in [5.74, 6) is 0.941. The van der Waals surface area contributed by atoms with Gasteiger partial charge in [-0.05, 0) is 18.6 Å². The van der Waals surface area contributed by atoms with Crippen molar-refractivity contribution >= 4 is 17.4 Å². The highest BCUT2D eigenvalue weighted by Crippen LogP contribution is 2.17. The van der Waals surface area contributed by atoms with Gasteiger partial charge in [-0.2, -0.15) is 0 Å². The molecule has 5 nitrogen and oxygen atoms in total. The number of nitrogens with two attached hydrogens (primary N) is 1. The minimum atomic E-state index is 0.129. The van der Waals surface area contributed by atoms with Crippen LogP contribution in [-0.4, -0.2) is 42.0 Å². The summed E-state index contributed by atoms with van der Waals surface area (Å²) in [6.45, 7) is 7.33. The quantitative estimate of drug-likeness (QED) is 0.893. The van der Waals surface area contributed by atoms with Gasteiger partial charge in [-0.15, -0.1) is 0 Å². The van der Waals surface area contributed by atoms with E-state index in [4.69, 9.17) is 5.73 Å². The highest BCUT2D eigenvalue weighted by atomic mass is 16.2. The molecule has 1 fully saturated rings. The molecule has 0 aromatic carbocycles. The van der Waals surface area contributed by atoms with Crippen LogP contribution in [0.2, 0.25) is 0 Å². The predicted octanol–water partition coefficient (Wildman–Crippen LogP) is 1.36. The molecular formula is C14H22N4O. The van der Waals surface area contributed by atoms with Crippen LogP contribution < -0.4 is 10.6 Å². The van der Waals surface area contributed by atoms with Crippen molar-refractivity contribution in [3.05, 3.63) is 18.3 Å². The van der Waals surface area contributed by atoms with Crippen LogP contribution in [0.3, 0.4) is 0 Å². The minimum Gasteiger partial charge on any atom is -0.384 e. The SMILES string of the molecule is CCC(C)C(=O)N1CCN(c2ccc(N)nc2)CC1. The number of anilines is 2. The van der Waals surface area contributed by atoms with E-state index in [0.29, 0.717) is 5.82 Å². The van der Waals surface area contributed by atoms with Gasteiger partial charge in [0.25, 0.3) is 0 Å². The van der Waals surface area contributed by atoms with E-state index in [1.807, 2.05) is 24.0 Å². The number of pyridine rings is 1. The van der Waals surface area contributed by atoms with Gasteiger partial charge in [-0.3, -0.25) is 4.79 Å². The average molecular weight is 262 g/mol. The molecule has 0 aliphatic carbocycles. The van der Waals surface area contributed by atoms with Gasteiger partial charge in [-0.1, -0.05) is 13.8 Å².